The minimum atomic E-state index is 0.466. The summed E-state index contributed by atoms with van der Waals surface area (Å²) in [6, 6.07) is 28.4. The number of benzene rings is 4. The number of rotatable bonds is 8. The lowest BCUT2D eigenvalue weighted by molar-refractivity contribution is 0.270. The van der Waals surface area contributed by atoms with Gasteiger partial charge in [-0.2, -0.15) is 5.10 Å². The number of nitrogens with one attached hydrogen (secondary N) is 1. The quantitative estimate of drug-likeness (QED) is 0.206. The molecule has 1 aromatic heterocycles. The van der Waals surface area contributed by atoms with Crippen molar-refractivity contribution in [2.45, 2.75) is 13.5 Å². The highest BCUT2D eigenvalue weighted by Gasteiger charge is 2.08. The molecule has 0 saturated heterocycles. The highest BCUT2D eigenvalue weighted by Crippen LogP contribution is 2.30. The van der Waals surface area contributed by atoms with Gasteiger partial charge in [-0.1, -0.05) is 65.9 Å². The van der Waals surface area contributed by atoms with Crippen LogP contribution in [0.3, 0.4) is 0 Å². The van der Waals surface area contributed by atoms with Crippen molar-refractivity contribution in [3.63, 3.8) is 0 Å². The maximum Gasteiger partial charge on any atom is 0.204 e. The van der Waals surface area contributed by atoms with Crippen molar-refractivity contribution in [3.8, 4) is 11.5 Å². The fourth-order valence-corrected chi connectivity index (χ4v) is 4.46. The van der Waals surface area contributed by atoms with Crippen molar-refractivity contribution >= 4 is 43.7 Å². The molecule has 5 rings (SSSR count). The summed E-state index contributed by atoms with van der Waals surface area (Å²) in [6.45, 7) is 2.98. The second kappa shape index (κ2) is 9.71. The number of ether oxygens (including phenoxy) is 2. The Labute approximate surface area is 196 Å². The lowest BCUT2D eigenvalue weighted by Gasteiger charge is -2.13. The van der Waals surface area contributed by atoms with Crippen LogP contribution in [0.2, 0.25) is 0 Å². The Morgan fingerprint density at radius 3 is 2.67 bits per heavy atom. The molecule has 0 aliphatic rings. The van der Waals surface area contributed by atoms with Crippen LogP contribution < -0.4 is 14.9 Å². The van der Waals surface area contributed by atoms with Crippen molar-refractivity contribution in [3.05, 3.63) is 96.1 Å². The number of para-hydroxylation sites is 1. The van der Waals surface area contributed by atoms with Gasteiger partial charge in [0.2, 0.25) is 5.13 Å². The van der Waals surface area contributed by atoms with Crippen LogP contribution in [0.15, 0.2) is 90.0 Å². The molecule has 0 radical (unpaired) electrons. The van der Waals surface area contributed by atoms with Crippen LogP contribution in [0.1, 0.15) is 18.1 Å². The number of thiazole rings is 1. The largest absolute Gasteiger partial charge is 0.490 e. The average molecular weight is 454 g/mol. The molecule has 0 amide bonds. The Morgan fingerprint density at radius 1 is 0.909 bits per heavy atom. The molecule has 0 aliphatic carbocycles. The first-order valence-electron chi connectivity index (χ1n) is 10.8. The van der Waals surface area contributed by atoms with E-state index in [-0.39, 0.29) is 0 Å². The monoisotopic (exact) mass is 453 g/mol. The summed E-state index contributed by atoms with van der Waals surface area (Å²) in [6.07, 6.45) is 1.75. The average Bonchev–Trinajstić information content (AvgIpc) is 3.26. The van der Waals surface area contributed by atoms with Crippen LogP contribution in [0.4, 0.5) is 5.13 Å². The minimum Gasteiger partial charge on any atom is -0.490 e. The summed E-state index contributed by atoms with van der Waals surface area (Å²) in [5.41, 5.74) is 6.03. The van der Waals surface area contributed by atoms with Crippen LogP contribution in [0, 0.1) is 0 Å². The van der Waals surface area contributed by atoms with E-state index in [0.717, 1.165) is 26.5 Å². The molecule has 5 nitrogen and oxygen atoms in total. The zero-order valence-corrected chi connectivity index (χ0v) is 19.0. The number of hydrazone groups is 1. The molecule has 0 bridgehead atoms. The molecule has 5 aromatic rings. The third-order valence-corrected chi connectivity index (χ3v) is 6.14. The second-order valence-corrected chi connectivity index (χ2v) is 8.45. The van der Waals surface area contributed by atoms with E-state index in [0.29, 0.717) is 24.7 Å². The molecule has 0 unspecified atom stereocenters. The first-order valence-corrected chi connectivity index (χ1v) is 11.6. The van der Waals surface area contributed by atoms with Crippen molar-refractivity contribution < 1.29 is 9.47 Å². The summed E-state index contributed by atoms with van der Waals surface area (Å²) in [5, 5.41) is 7.50. The summed E-state index contributed by atoms with van der Waals surface area (Å²) >= 11 is 1.57. The lowest BCUT2D eigenvalue weighted by Crippen LogP contribution is -2.01. The van der Waals surface area contributed by atoms with E-state index in [2.05, 4.69) is 45.8 Å². The van der Waals surface area contributed by atoms with Gasteiger partial charge in [0.1, 0.15) is 6.61 Å². The number of fused-ring (bicyclic) bond motifs is 2. The van der Waals surface area contributed by atoms with E-state index in [1.54, 1.807) is 17.6 Å². The van der Waals surface area contributed by atoms with Gasteiger partial charge in [-0.15, -0.1) is 0 Å². The van der Waals surface area contributed by atoms with Crippen LogP contribution in [-0.2, 0) is 6.61 Å². The van der Waals surface area contributed by atoms with E-state index in [1.165, 1.54) is 10.8 Å². The highest BCUT2D eigenvalue weighted by molar-refractivity contribution is 7.22. The fourth-order valence-electron chi connectivity index (χ4n) is 3.65. The van der Waals surface area contributed by atoms with Crippen LogP contribution in [0.5, 0.6) is 11.5 Å². The summed E-state index contributed by atoms with van der Waals surface area (Å²) in [4.78, 5) is 4.53. The Morgan fingerprint density at radius 2 is 1.76 bits per heavy atom. The molecular weight excluding hydrogens is 430 g/mol. The van der Waals surface area contributed by atoms with Gasteiger partial charge in [-0.3, -0.25) is 5.43 Å². The molecule has 0 atom stereocenters. The van der Waals surface area contributed by atoms with Crippen LogP contribution in [-0.4, -0.2) is 17.8 Å². The molecule has 6 heteroatoms. The van der Waals surface area contributed by atoms with Gasteiger partial charge in [0.05, 0.1) is 23.0 Å². The Bertz CT molecular complexity index is 1390. The van der Waals surface area contributed by atoms with Crippen molar-refractivity contribution in [1.82, 2.24) is 4.98 Å². The standard InChI is InChI=1S/C27H23N3O2S/c1-2-31-25-16-19(17-28-30-27-29-23-12-5-6-13-26(23)33-27)14-15-24(25)32-18-21-10-7-9-20-8-3-4-11-22(20)21/h3-17H,2,18H2,1H3,(H,29,30). The van der Waals surface area contributed by atoms with Crippen molar-refractivity contribution in [2.24, 2.45) is 5.10 Å². The van der Waals surface area contributed by atoms with Crippen molar-refractivity contribution in [2.75, 3.05) is 12.0 Å². The number of hydrogen-bond donors (Lipinski definition) is 1. The molecular formula is C27H23N3O2S. The maximum absolute atomic E-state index is 6.15. The molecule has 0 spiro atoms. The third kappa shape index (κ3) is 4.81. The van der Waals surface area contributed by atoms with Gasteiger partial charge >= 0.3 is 0 Å². The molecule has 0 saturated carbocycles. The number of aromatic nitrogens is 1. The van der Waals surface area contributed by atoms with E-state index in [1.807, 2.05) is 61.5 Å². The summed E-state index contributed by atoms with van der Waals surface area (Å²) in [5.74, 6) is 1.41. The number of hydrogen-bond acceptors (Lipinski definition) is 6. The Balaban J connectivity index is 1.30. The zero-order chi connectivity index (χ0) is 22.5. The van der Waals surface area contributed by atoms with Crippen LogP contribution >= 0.6 is 11.3 Å². The second-order valence-electron chi connectivity index (χ2n) is 7.42. The molecule has 4 aromatic carbocycles. The smallest absolute Gasteiger partial charge is 0.204 e. The van der Waals surface area contributed by atoms with Crippen LogP contribution in [0.25, 0.3) is 21.0 Å². The normalized spacial score (nSPS) is 11.3. The van der Waals surface area contributed by atoms with Gasteiger partial charge in [-0.25, -0.2) is 4.98 Å². The topological polar surface area (TPSA) is 55.7 Å². The molecule has 1 N–H and O–H groups in total. The fraction of sp³-hybridized carbons (Fsp3) is 0.111. The van der Waals surface area contributed by atoms with Gasteiger partial charge in [0, 0.05) is 0 Å². The van der Waals surface area contributed by atoms with Gasteiger partial charge < -0.3 is 9.47 Å². The van der Waals surface area contributed by atoms with Crippen molar-refractivity contribution in [1.29, 1.82) is 0 Å². The number of anilines is 1. The van der Waals surface area contributed by atoms with E-state index in [4.69, 9.17) is 9.47 Å². The van der Waals surface area contributed by atoms with E-state index < -0.39 is 0 Å². The number of nitrogens with zero attached hydrogens (tertiary/aromatic N) is 2. The Hall–Kier alpha value is -3.90. The molecule has 1 heterocycles. The lowest BCUT2D eigenvalue weighted by atomic mass is 10.1. The summed E-state index contributed by atoms with van der Waals surface area (Å²) < 4.78 is 13.1. The van der Waals surface area contributed by atoms with Gasteiger partial charge in [-0.05, 0) is 59.2 Å². The summed E-state index contributed by atoms with van der Waals surface area (Å²) in [7, 11) is 0. The predicted molar refractivity (Wildman–Crippen MR) is 137 cm³/mol. The maximum atomic E-state index is 6.15. The third-order valence-electron chi connectivity index (χ3n) is 5.20. The zero-order valence-electron chi connectivity index (χ0n) is 18.2. The van der Waals surface area contributed by atoms with Gasteiger partial charge in [0.25, 0.3) is 0 Å². The molecule has 164 valence electrons. The first kappa shape index (κ1) is 21.0. The van der Waals surface area contributed by atoms with E-state index >= 15 is 0 Å². The Kier molecular flexibility index (Phi) is 6.17. The molecule has 0 fully saturated rings. The SMILES string of the molecule is CCOc1cc(C=NNc2nc3ccccc3s2)ccc1OCc1cccc2ccccc12. The predicted octanol–water partition coefficient (Wildman–Crippen LogP) is 6.87. The molecule has 0 aliphatic heterocycles. The molecule has 33 heavy (non-hydrogen) atoms. The van der Waals surface area contributed by atoms with Gasteiger partial charge in [0.15, 0.2) is 11.5 Å². The first-order chi connectivity index (χ1) is 16.3. The van der Waals surface area contributed by atoms with E-state index in [9.17, 15) is 0 Å². The highest BCUT2D eigenvalue weighted by atomic mass is 32.1. The minimum absolute atomic E-state index is 0.466.